The van der Waals surface area contributed by atoms with Crippen LogP contribution in [0.3, 0.4) is 0 Å². The summed E-state index contributed by atoms with van der Waals surface area (Å²) in [5, 5.41) is 12.1. The topological polar surface area (TPSA) is 89.3 Å². The van der Waals surface area contributed by atoms with Crippen LogP contribution in [0.2, 0.25) is 0 Å². The highest BCUT2D eigenvalue weighted by molar-refractivity contribution is 7.99. The molecule has 0 bridgehead atoms. The van der Waals surface area contributed by atoms with Gasteiger partial charge < -0.3 is 14.6 Å². The van der Waals surface area contributed by atoms with E-state index in [0.29, 0.717) is 28.0 Å². The SMILES string of the molecule is COc1ccc([C@H](C(=O)NC(C)(C)C)N(C(=O)CSc2nnc(-c3ccccc3)n2C)c2ccc(F)cc2)cc1. The third kappa shape index (κ3) is 6.87. The summed E-state index contributed by atoms with van der Waals surface area (Å²) < 4.78 is 21.0. The molecule has 3 aromatic carbocycles. The van der Waals surface area contributed by atoms with Crippen molar-refractivity contribution in [1.82, 2.24) is 20.1 Å². The Bertz CT molecular complexity index is 1450. The van der Waals surface area contributed by atoms with Gasteiger partial charge in [-0.15, -0.1) is 10.2 Å². The maximum atomic E-state index is 13.9. The van der Waals surface area contributed by atoms with E-state index in [-0.39, 0.29) is 17.6 Å². The monoisotopic (exact) mass is 561 g/mol. The summed E-state index contributed by atoms with van der Waals surface area (Å²) in [6.45, 7) is 5.61. The van der Waals surface area contributed by atoms with E-state index in [2.05, 4.69) is 15.5 Å². The van der Waals surface area contributed by atoms with Gasteiger partial charge in [0, 0.05) is 23.8 Å². The number of aromatic nitrogens is 3. The van der Waals surface area contributed by atoms with Crippen molar-refractivity contribution in [3.05, 3.63) is 90.2 Å². The highest BCUT2D eigenvalue weighted by Crippen LogP contribution is 2.32. The molecule has 208 valence electrons. The molecule has 2 amide bonds. The molecule has 1 heterocycles. The van der Waals surface area contributed by atoms with Crippen LogP contribution in [0, 0.1) is 5.82 Å². The van der Waals surface area contributed by atoms with Crippen LogP contribution in [0.4, 0.5) is 10.1 Å². The Hall–Kier alpha value is -4.18. The number of rotatable bonds is 9. The van der Waals surface area contributed by atoms with Gasteiger partial charge in [-0.2, -0.15) is 0 Å². The summed E-state index contributed by atoms with van der Waals surface area (Å²) in [6.07, 6.45) is 0. The van der Waals surface area contributed by atoms with Crippen LogP contribution >= 0.6 is 11.8 Å². The molecule has 0 saturated carbocycles. The van der Waals surface area contributed by atoms with Crippen LogP contribution in [-0.2, 0) is 16.6 Å². The maximum Gasteiger partial charge on any atom is 0.248 e. The van der Waals surface area contributed by atoms with E-state index >= 15 is 0 Å². The number of thioether (sulfide) groups is 1. The molecule has 0 spiro atoms. The molecule has 40 heavy (non-hydrogen) atoms. The number of hydrogen-bond donors (Lipinski definition) is 1. The van der Waals surface area contributed by atoms with Gasteiger partial charge >= 0.3 is 0 Å². The number of nitrogens with one attached hydrogen (secondary N) is 1. The lowest BCUT2D eigenvalue weighted by atomic mass is 10.0. The van der Waals surface area contributed by atoms with E-state index in [1.165, 1.54) is 40.9 Å². The molecule has 1 aromatic heterocycles. The van der Waals surface area contributed by atoms with Crippen molar-refractivity contribution in [2.24, 2.45) is 7.05 Å². The standard InChI is InChI=1S/C30H32FN5O3S/c1-30(2,3)32-28(38)26(20-11-17-24(39-5)18-12-20)36(23-15-13-22(31)14-16-23)25(37)19-40-29-34-33-27(35(29)4)21-9-7-6-8-10-21/h6-18,26H,19H2,1-5H3,(H,32,38)/t26-/m1/s1. The summed E-state index contributed by atoms with van der Waals surface area (Å²) in [7, 11) is 3.39. The highest BCUT2D eigenvalue weighted by Gasteiger charge is 2.34. The van der Waals surface area contributed by atoms with Crippen molar-refractivity contribution in [3.8, 4) is 17.1 Å². The van der Waals surface area contributed by atoms with Crippen molar-refractivity contribution in [2.75, 3.05) is 17.8 Å². The van der Waals surface area contributed by atoms with E-state index in [1.807, 2.05) is 62.7 Å². The first kappa shape index (κ1) is 28.8. The van der Waals surface area contributed by atoms with E-state index < -0.39 is 17.4 Å². The molecule has 0 saturated heterocycles. The van der Waals surface area contributed by atoms with Crippen molar-refractivity contribution < 1.29 is 18.7 Å². The average Bonchev–Trinajstić information content (AvgIpc) is 3.30. The first-order chi connectivity index (χ1) is 19.1. The molecular weight excluding hydrogens is 529 g/mol. The van der Waals surface area contributed by atoms with Gasteiger partial charge in [0.2, 0.25) is 11.8 Å². The van der Waals surface area contributed by atoms with Crippen molar-refractivity contribution >= 4 is 29.3 Å². The summed E-state index contributed by atoms with van der Waals surface area (Å²) in [5.74, 6) is 0.0829. The van der Waals surface area contributed by atoms with Crippen LogP contribution < -0.4 is 15.0 Å². The normalized spacial score (nSPS) is 12.1. The number of carbonyl (C=O) groups is 2. The number of hydrogen-bond acceptors (Lipinski definition) is 6. The van der Waals surface area contributed by atoms with Gasteiger partial charge in [0.15, 0.2) is 11.0 Å². The van der Waals surface area contributed by atoms with Crippen LogP contribution in [-0.4, -0.2) is 45.0 Å². The highest BCUT2D eigenvalue weighted by atomic mass is 32.2. The summed E-state index contributed by atoms with van der Waals surface area (Å²) >= 11 is 1.21. The zero-order valence-electron chi connectivity index (χ0n) is 23.1. The Balaban J connectivity index is 1.69. The third-order valence-corrected chi connectivity index (χ3v) is 7.01. The van der Waals surface area contributed by atoms with Gasteiger partial charge in [0.05, 0.1) is 12.9 Å². The number of methoxy groups -OCH3 is 1. The second-order valence-electron chi connectivity index (χ2n) is 10.2. The number of carbonyl (C=O) groups excluding carboxylic acids is 2. The number of ether oxygens (including phenoxy) is 1. The van der Waals surface area contributed by atoms with Crippen molar-refractivity contribution in [1.29, 1.82) is 0 Å². The van der Waals surface area contributed by atoms with E-state index in [4.69, 9.17) is 4.74 Å². The molecule has 10 heteroatoms. The van der Waals surface area contributed by atoms with Crippen LogP contribution in [0.25, 0.3) is 11.4 Å². The summed E-state index contributed by atoms with van der Waals surface area (Å²) in [6, 6.07) is 21.1. The maximum absolute atomic E-state index is 13.9. The first-order valence-corrected chi connectivity index (χ1v) is 13.7. The lowest BCUT2D eigenvalue weighted by Crippen LogP contribution is -2.50. The van der Waals surface area contributed by atoms with Gasteiger partial charge in [-0.1, -0.05) is 54.2 Å². The molecule has 4 aromatic rings. The smallest absolute Gasteiger partial charge is 0.248 e. The molecule has 0 aliphatic heterocycles. The van der Waals surface area contributed by atoms with E-state index in [9.17, 15) is 14.0 Å². The first-order valence-electron chi connectivity index (χ1n) is 12.7. The molecule has 4 rings (SSSR count). The minimum absolute atomic E-state index is 0.0341. The fourth-order valence-corrected chi connectivity index (χ4v) is 4.93. The Morgan fingerprint density at radius 2 is 1.65 bits per heavy atom. The van der Waals surface area contributed by atoms with Crippen molar-refractivity contribution in [2.45, 2.75) is 37.5 Å². The van der Waals surface area contributed by atoms with Crippen LogP contribution in [0.15, 0.2) is 84.0 Å². The second-order valence-corrected chi connectivity index (χ2v) is 11.1. The Labute approximate surface area is 237 Å². The summed E-state index contributed by atoms with van der Waals surface area (Å²) in [5.41, 5.74) is 1.32. The molecule has 0 fully saturated rings. The van der Waals surface area contributed by atoms with Gasteiger partial charge in [-0.25, -0.2) is 4.39 Å². The van der Waals surface area contributed by atoms with Gasteiger partial charge in [0.25, 0.3) is 0 Å². The molecule has 0 aliphatic carbocycles. The van der Waals surface area contributed by atoms with Crippen LogP contribution in [0.5, 0.6) is 5.75 Å². The minimum Gasteiger partial charge on any atom is -0.497 e. The van der Waals surface area contributed by atoms with Gasteiger partial charge in [-0.3, -0.25) is 14.5 Å². The zero-order chi connectivity index (χ0) is 28.9. The number of benzene rings is 3. The molecule has 1 N–H and O–H groups in total. The number of halogens is 1. The molecular formula is C30H32FN5O3S. The second kappa shape index (κ2) is 12.3. The fourth-order valence-electron chi connectivity index (χ4n) is 4.16. The number of anilines is 1. The third-order valence-electron chi connectivity index (χ3n) is 6.00. The largest absolute Gasteiger partial charge is 0.497 e. The predicted molar refractivity (Wildman–Crippen MR) is 155 cm³/mol. The van der Waals surface area contributed by atoms with Crippen LogP contribution in [0.1, 0.15) is 32.4 Å². The quantitative estimate of drug-likeness (QED) is 0.275. The molecule has 0 unspecified atom stereocenters. The molecule has 0 radical (unpaired) electrons. The fraction of sp³-hybridized carbons (Fsp3) is 0.267. The lowest BCUT2D eigenvalue weighted by Gasteiger charge is -2.34. The minimum atomic E-state index is -1.02. The number of nitrogens with zero attached hydrogens (tertiary/aromatic N) is 4. The van der Waals surface area contributed by atoms with Gasteiger partial charge in [-0.05, 0) is 62.7 Å². The summed E-state index contributed by atoms with van der Waals surface area (Å²) in [4.78, 5) is 29.1. The number of amides is 2. The Kier molecular flexibility index (Phi) is 8.89. The van der Waals surface area contributed by atoms with Gasteiger partial charge in [0.1, 0.15) is 17.6 Å². The molecule has 0 aliphatic rings. The molecule has 8 nitrogen and oxygen atoms in total. The average molecular weight is 562 g/mol. The zero-order valence-corrected chi connectivity index (χ0v) is 23.9. The van der Waals surface area contributed by atoms with E-state index in [0.717, 1.165) is 5.56 Å². The predicted octanol–water partition coefficient (Wildman–Crippen LogP) is 5.41. The Morgan fingerprint density at radius 3 is 2.25 bits per heavy atom. The van der Waals surface area contributed by atoms with E-state index in [1.54, 1.807) is 31.4 Å². The lowest BCUT2D eigenvalue weighted by molar-refractivity contribution is -0.127. The molecule has 1 atom stereocenters. The van der Waals surface area contributed by atoms with Crippen molar-refractivity contribution in [3.63, 3.8) is 0 Å². The Morgan fingerprint density at radius 1 is 1.00 bits per heavy atom.